The van der Waals surface area contributed by atoms with Crippen molar-refractivity contribution < 1.29 is 8.78 Å². The van der Waals surface area contributed by atoms with E-state index in [2.05, 4.69) is 0 Å². The zero-order chi connectivity index (χ0) is 12.3. The molecule has 0 bridgehead atoms. The lowest BCUT2D eigenvalue weighted by atomic mass is 10.2. The summed E-state index contributed by atoms with van der Waals surface area (Å²) in [5, 5.41) is 0. The minimum absolute atomic E-state index is 0.231. The van der Waals surface area contributed by atoms with Gasteiger partial charge in [0.15, 0.2) is 0 Å². The molecular weight excluding hydrogens is 240 g/mol. The number of hydrogen-bond donors (Lipinski definition) is 1. The predicted molar refractivity (Wildman–Crippen MR) is 67.4 cm³/mol. The van der Waals surface area contributed by atoms with E-state index in [9.17, 15) is 8.78 Å². The van der Waals surface area contributed by atoms with Gasteiger partial charge in [-0.2, -0.15) is 0 Å². The third-order valence-electron chi connectivity index (χ3n) is 2.48. The van der Waals surface area contributed by atoms with Gasteiger partial charge in [0, 0.05) is 16.2 Å². The second kappa shape index (κ2) is 5.38. The van der Waals surface area contributed by atoms with Crippen LogP contribution in [0.4, 0.5) is 8.78 Å². The summed E-state index contributed by atoms with van der Waals surface area (Å²) < 4.78 is 24.6. The zero-order valence-corrected chi connectivity index (χ0v) is 9.96. The Kier molecular flexibility index (Phi) is 3.86. The maximum atomic E-state index is 12.3. The van der Waals surface area contributed by atoms with Gasteiger partial charge in [-0.25, -0.2) is 8.78 Å². The fraction of sp³-hybridized carbons (Fsp3) is 0.231. The van der Waals surface area contributed by atoms with Crippen molar-refractivity contribution in [3.63, 3.8) is 0 Å². The molecule has 4 heteroatoms. The van der Waals surface area contributed by atoms with Crippen LogP contribution in [0.15, 0.2) is 42.5 Å². The second-order valence-electron chi connectivity index (χ2n) is 3.83. The molecule has 1 heterocycles. The molecule has 0 aliphatic rings. The maximum absolute atomic E-state index is 12.3. The van der Waals surface area contributed by atoms with Crippen LogP contribution in [-0.2, 0) is 6.42 Å². The number of rotatable bonds is 4. The summed E-state index contributed by atoms with van der Waals surface area (Å²) in [6, 6.07) is 12.6. The van der Waals surface area contributed by atoms with Gasteiger partial charge in [-0.1, -0.05) is 30.3 Å². The lowest BCUT2D eigenvalue weighted by Crippen LogP contribution is -2.30. The average molecular weight is 253 g/mol. The number of halogens is 2. The van der Waals surface area contributed by atoms with Crippen molar-refractivity contribution >= 4 is 11.3 Å². The number of benzene rings is 1. The van der Waals surface area contributed by atoms with Gasteiger partial charge < -0.3 is 5.73 Å². The third kappa shape index (κ3) is 3.11. The monoisotopic (exact) mass is 253 g/mol. The SMILES string of the molecule is NC(Cc1ccc(-c2ccccc2)s1)C(F)F. The minimum atomic E-state index is -2.46. The first kappa shape index (κ1) is 12.2. The maximum Gasteiger partial charge on any atom is 0.253 e. The van der Waals surface area contributed by atoms with Crippen LogP contribution >= 0.6 is 11.3 Å². The van der Waals surface area contributed by atoms with Crippen LogP contribution in [0, 0.1) is 0 Å². The Morgan fingerprint density at radius 3 is 2.41 bits per heavy atom. The van der Waals surface area contributed by atoms with Crippen LogP contribution in [0.2, 0.25) is 0 Å². The molecule has 2 N–H and O–H groups in total. The summed E-state index contributed by atoms with van der Waals surface area (Å²) >= 11 is 1.52. The van der Waals surface area contributed by atoms with E-state index in [0.717, 1.165) is 15.3 Å². The van der Waals surface area contributed by atoms with E-state index >= 15 is 0 Å². The van der Waals surface area contributed by atoms with Crippen molar-refractivity contribution in [2.45, 2.75) is 18.9 Å². The average Bonchev–Trinajstić information content (AvgIpc) is 2.78. The molecule has 0 saturated heterocycles. The van der Waals surface area contributed by atoms with Crippen molar-refractivity contribution in [1.82, 2.24) is 0 Å². The normalized spacial score (nSPS) is 12.9. The fourth-order valence-electron chi connectivity index (χ4n) is 1.57. The van der Waals surface area contributed by atoms with E-state index in [1.807, 2.05) is 42.5 Å². The minimum Gasteiger partial charge on any atom is -0.323 e. The van der Waals surface area contributed by atoms with Crippen molar-refractivity contribution in [2.75, 3.05) is 0 Å². The highest BCUT2D eigenvalue weighted by molar-refractivity contribution is 7.15. The van der Waals surface area contributed by atoms with Crippen LogP contribution < -0.4 is 5.73 Å². The summed E-state index contributed by atoms with van der Waals surface area (Å²) in [5.74, 6) is 0. The first-order valence-electron chi connectivity index (χ1n) is 5.34. The number of alkyl halides is 2. The van der Waals surface area contributed by atoms with Crippen molar-refractivity contribution in [3.05, 3.63) is 47.3 Å². The Bertz CT molecular complexity index is 467. The Morgan fingerprint density at radius 2 is 1.76 bits per heavy atom. The molecule has 1 atom stereocenters. The highest BCUT2D eigenvalue weighted by Crippen LogP contribution is 2.28. The first-order chi connectivity index (χ1) is 8.16. The van der Waals surface area contributed by atoms with E-state index < -0.39 is 12.5 Å². The van der Waals surface area contributed by atoms with Gasteiger partial charge in [0.1, 0.15) is 0 Å². The standard InChI is InChI=1S/C13H13F2NS/c14-13(15)11(16)8-10-6-7-12(17-10)9-4-2-1-3-5-9/h1-7,11,13H,8,16H2. The number of thiophene rings is 1. The molecule has 0 radical (unpaired) electrons. The molecule has 0 spiro atoms. The van der Waals surface area contributed by atoms with Gasteiger partial charge in [-0.3, -0.25) is 0 Å². The van der Waals surface area contributed by atoms with Crippen LogP contribution in [0.1, 0.15) is 4.88 Å². The molecule has 2 aromatic rings. The second-order valence-corrected chi connectivity index (χ2v) is 5.00. The summed E-state index contributed by atoms with van der Waals surface area (Å²) in [6.07, 6.45) is -2.23. The van der Waals surface area contributed by atoms with E-state index in [4.69, 9.17) is 5.73 Å². The largest absolute Gasteiger partial charge is 0.323 e. The molecule has 17 heavy (non-hydrogen) atoms. The van der Waals surface area contributed by atoms with E-state index in [1.165, 1.54) is 11.3 Å². The van der Waals surface area contributed by atoms with E-state index in [1.54, 1.807) is 0 Å². The first-order valence-corrected chi connectivity index (χ1v) is 6.16. The van der Waals surface area contributed by atoms with Crippen molar-refractivity contribution in [1.29, 1.82) is 0 Å². The van der Waals surface area contributed by atoms with Crippen LogP contribution in [0.3, 0.4) is 0 Å². The molecule has 0 aliphatic heterocycles. The van der Waals surface area contributed by atoms with E-state index in [-0.39, 0.29) is 6.42 Å². The molecule has 0 saturated carbocycles. The van der Waals surface area contributed by atoms with Crippen LogP contribution in [0.5, 0.6) is 0 Å². The zero-order valence-electron chi connectivity index (χ0n) is 9.14. The molecule has 0 fully saturated rings. The fourth-order valence-corrected chi connectivity index (χ4v) is 2.65. The molecule has 1 aromatic carbocycles. The number of hydrogen-bond acceptors (Lipinski definition) is 2. The number of nitrogens with two attached hydrogens (primary N) is 1. The van der Waals surface area contributed by atoms with Gasteiger partial charge in [0.05, 0.1) is 6.04 Å². The molecule has 1 aromatic heterocycles. The molecular formula is C13H13F2NS. The van der Waals surface area contributed by atoms with Gasteiger partial charge in [0.2, 0.25) is 0 Å². The van der Waals surface area contributed by atoms with Crippen LogP contribution in [-0.4, -0.2) is 12.5 Å². The third-order valence-corrected chi connectivity index (χ3v) is 3.64. The summed E-state index contributed by atoms with van der Waals surface area (Å²) in [4.78, 5) is 1.98. The Hall–Kier alpha value is -1.26. The Labute approximate surface area is 103 Å². The van der Waals surface area contributed by atoms with E-state index in [0.29, 0.717) is 0 Å². The highest BCUT2D eigenvalue weighted by Gasteiger charge is 2.16. The molecule has 90 valence electrons. The molecule has 1 unspecified atom stereocenters. The Morgan fingerprint density at radius 1 is 1.06 bits per heavy atom. The van der Waals surface area contributed by atoms with Gasteiger partial charge in [-0.05, 0) is 17.7 Å². The molecule has 0 aliphatic carbocycles. The smallest absolute Gasteiger partial charge is 0.253 e. The predicted octanol–water partition coefficient (Wildman–Crippen LogP) is 3.55. The van der Waals surface area contributed by atoms with Crippen LogP contribution in [0.25, 0.3) is 10.4 Å². The molecule has 0 amide bonds. The topological polar surface area (TPSA) is 26.0 Å². The van der Waals surface area contributed by atoms with Crippen molar-refractivity contribution in [3.8, 4) is 10.4 Å². The highest BCUT2D eigenvalue weighted by atomic mass is 32.1. The van der Waals surface area contributed by atoms with Gasteiger partial charge >= 0.3 is 0 Å². The molecule has 1 nitrogen and oxygen atoms in total. The van der Waals surface area contributed by atoms with Gasteiger partial charge in [-0.15, -0.1) is 11.3 Å². The Balaban J connectivity index is 2.12. The summed E-state index contributed by atoms with van der Waals surface area (Å²) in [5.41, 5.74) is 6.46. The van der Waals surface area contributed by atoms with Crippen molar-refractivity contribution in [2.24, 2.45) is 5.73 Å². The molecule has 2 rings (SSSR count). The van der Waals surface area contributed by atoms with Gasteiger partial charge in [0.25, 0.3) is 6.43 Å². The lowest BCUT2D eigenvalue weighted by Gasteiger charge is -2.07. The summed E-state index contributed by atoms with van der Waals surface area (Å²) in [6.45, 7) is 0. The quantitative estimate of drug-likeness (QED) is 0.886. The lowest BCUT2D eigenvalue weighted by molar-refractivity contribution is 0.116. The summed E-state index contributed by atoms with van der Waals surface area (Å²) in [7, 11) is 0.